The molecule has 0 aromatic heterocycles. The van der Waals surface area contributed by atoms with Gasteiger partial charge in [0.05, 0.1) is 22.4 Å². The number of amides is 2. The fourth-order valence-electron chi connectivity index (χ4n) is 3.42. The Balaban J connectivity index is 0.00000158. The number of nitrogens with zero attached hydrogens (tertiary/aromatic N) is 1. The van der Waals surface area contributed by atoms with Crippen molar-refractivity contribution in [2.24, 2.45) is 0 Å². The lowest BCUT2D eigenvalue weighted by Gasteiger charge is -2.18. The average Bonchev–Trinajstić information content (AvgIpc) is 3.04. The lowest BCUT2D eigenvalue weighted by atomic mass is 10.0. The number of imide groups is 1. The second-order valence-corrected chi connectivity index (χ2v) is 6.83. The number of carboxylic acid groups (broad SMARTS) is 2. The predicted octanol–water partition coefficient (Wildman–Crippen LogP) is 4.56. The molecule has 0 aliphatic carbocycles. The summed E-state index contributed by atoms with van der Waals surface area (Å²) in [5.74, 6) is -7.97. The van der Waals surface area contributed by atoms with Crippen LogP contribution in [-0.2, 0) is 0 Å². The highest BCUT2D eigenvalue weighted by atomic mass is 19.2. The van der Waals surface area contributed by atoms with E-state index >= 15 is 0 Å². The van der Waals surface area contributed by atoms with E-state index in [9.17, 15) is 38.2 Å². The Bertz CT molecular complexity index is 1370. The Labute approximate surface area is 191 Å². The molecule has 0 saturated carbocycles. The van der Waals surface area contributed by atoms with Gasteiger partial charge in [-0.3, -0.25) is 9.59 Å². The number of phenols is 1. The standard InChI is InChI=1S/C22H11F2NO7.C2H6/c23-15-4-2-9(5-16(15)24)10-1-3-11(21(29)30)17(6-10)25-19(27)12-7-14(22(31)32)18(26)8-13(12)20(25)28;1-2/h1-8,26H,(H,29,30)(H,31,32);1-2H3. The molecule has 4 rings (SSSR count). The number of carboxylic acids is 2. The van der Waals surface area contributed by atoms with Gasteiger partial charge in [-0.15, -0.1) is 0 Å². The van der Waals surface area contributed by atoms with Gasteiger partial charge in [0, 0.05) is 0 Å². The number of anilines is 1. The fraction of sp³-hybridized carbons (Fsp3) is 0.0833. The van der Waals surface area contributed by atoms with Crippen molar-refractivity contribution in [2.45, 2.75) is 13.8 Å². The number of halogens is 2. The molecule has 1 heterocycles. The summed E-state index contributed by atoms with van der Waals surface area (Å²) in [6.45, 7) is 4.00. The third kappa shape index (κ3) is 3.96. The molecular weight excluding hydrogens is 452 g/mol. The van der Waals surface area contributed by atoms with E-state index in [-0.39, 0.29) is 27.9 Å². The van der Waals surface area contributed by atoms with E-state index in [0.29, 0.717) is 4.90 Å². The van der Waals surface area contributed by atoms with E-state index in [2.05, 4.69) is 0 Å². The lowest BCUT2D eigenvalue weighted by molar-refractivity contribution is 0.0684. The zero-order valence-electron chi connectivity index (χ0n) is 17.8. The van der Waals surface area contributed by atoms with E-state index < -0.39 is 52.3 Å². The number of rotatable bonds is 4. The predicted molar refractivity (Wildman–Crippen MR) is 116 cm³/mol. The molecule has 1 aliphatic rings. The molecule has 0 atom stereocenters. The molecular formula is C24H17F2NO7. The monoisotopic (exact) mass is 469 g/mol. The minimum atomic E-state index is -1.53. The van der Waals surface area contributed by atoms with Crippen molar-refractivity contribution in [1.82, 2.24) is 0 Å². The molecule has 10 heteroatoms. The van der Waals surface area contributed by atoms with Crippen molar-refractivity contribution in [3.63, 3.8) is 0 Å². The largest absolute Gasteiger partial charge is 0.507 e. The van der Waals surface area contributed by atoms with Crippen molar-refractivity contribution in [3.05, 3.63) is 82.4 Å². The van der Waals surface area contributed by atoms with Gasteiger partial charge in [-0.25, -0.2) is 23.3 Å². The first kappa shape index (κ1) is 24.1. The van der Waals surface area contributed by atoms with Crippen LogP contribution < -0.4 is 4.90 Å². The molecule has 3 aromatic carbocycles. The Kier molecular flexibility index (Phi) is 6.44. The van der Waals surface area contributed by atoms with Gasteiger partial charge in [-0.1, -0.05) is 26.0 Å². The van der Waals surface area contributed by atoms with Crippen LogP contribution in [0.1, 0.15) is 55.3 Å². The molecule has 0 bridgehead atoms. The lowest BCUT2D eigenvalue weighted by Crippen LogP contribution is -2.31. The maximum atomic E-state index is 13.7. The van der Waals surface area contributed by atoms with Gasteiger partial charge in [0.2, 0.25) is 0 Å². The van der Waals surface area contributed by atoms with Crippen LogP contribution in [0.3, 0.4) is 0 Å². The third-order valence-corrected chi connectivity index (χ3v) is 4.96. The van der Waals surface area contributed by atoms with Gasteiger partial charge in [-0.05, 0) is 47.5 Å². The van der Waals surface area contributed by atoms with Gasteiger partial charge in [0.1, 0.15) is 11.3 Å². The third-order valence-electron chi connectivity index (χ3n) is 4.96. The molecule has 3 N–H and O–H groups in total. The molecule has 0 spiro atoms. The van der Waals surface area contributed by atoms with Crippen LogP contribution in [0.2, 0.25) is 0 Å². The van der Waals surface area contributed by atoms with Gasteiger partial charge in [0.25, 0.3) is 11.8 Å². The molecule has 0 radical (unpaired) electrons. The smallest absolute Gasteiger partial charge is 0.339 e. The zero-order valence-corrected chi connectivity index (χ0v) is 17.8. The van der Waals surface area contributed by atoms with E-state index in [1.807, 2.05) is 13.8 Å². The summed E-state index contributed by atoms with van der Waals surface area (Å²) in [4.78, 5) is 49.4. The normalized spacial score (nSPS) is 12.2. The van der Waals surface area contributed by atoms with Crippen LogP contribution in [0.15, 0.2) is 48.5 Å². The molecule has 1 aliphatic heterocycles. The van der Waals surface area contributed by atoms with E-state index in [0.717, 1.165) is 36.4 Å². The molecule has 3 aromatic rings. The molecule has 34 heavy (non-hydrogen) atoms. The van der Waals surface area contributed by atoms with Crippen molar-refractivity contribution in [3.8, 4) is 16.9 Å². The second kappa shape index (κ2) is 9.10. The zero-order chi connectivity index (χ0) is 25.3. The van der Waals surface area contributed by atoms with Gasteiger partial charge >= 0.3 is 11.9 Å². The van der Waals surface area contributed by atoms with Crippen LogP contribution >= 0.6 is 0 Å². The SMILES string of the molecule is CC.O=C(O)c1cc2c(cc1O)C(=O)N(c1cc(-c3ccc(F)c(F)c3)ccc1C(=O)O)C2=O. The van der Waals surface area contributed by atoms with Crippen LogP contribution in [-0.4, -0.2) is 39.1 Å². The highest BCUT2D eigenvalue weighted by Crippen LogP contribution is 2.36. The first-order valence-corrected chi connectivity index (χ1v) is 9.92. The van der Waals surface area contributed by atoms with Crippen molar-refractivity contribution >= 4 is 29.4 Å². The highest BCUT2D eigenvalue weighted by molar-refractivity contribution is 6.35. The van der Waals surface area contributed by atoms with Crippen LogP contribution in [0, 0.1) is 11.6 Å². The first-order valence-electron chi connectivity index (χ1n) is 9.92. The van der Waals surface area contributed by atoms with Gasteiger partial charge in [0.15, 0.2) is 11.6 Å². The van der Waals surface area contributed by atoms with Gasteiger partial charge < -0.3 is 15.3 Å². The number of aromatic carboxylic acids is 2. The molecule has 174 valence electrons. The number of hydrogen-bond acceptors (Lipinski definition) is 5. The second-order valence-electron chi connectivity index (χ2n) is 6.83. The maximum absolute atomic E-state index is 13.7. The van der Waals surface area contributed by atoms with Crippen LogP contribution in [0.4, 0.5) is 14.5 Å². The van der Waals surface area contributed by atoms with E-state index in [1.54, 1.807) is 0 Å². The molecule has 2 amide bonds. The summed E-state index contributed by atoms with van der Waals surface area (Å²) in [7, 11) is 0. The van der Waals surface area contributed by atoms with Crippen molar-refractivity contribution < 1.29 is 43.3 Å². The van der Waals surface area contributed by atoms with Crippen LogP contribution in [0.25, 0.3) is 11.1 Å². The number of benzene rings is 3. The summed E-state index contributed by atoms with van der Waals surface area (Å²) < 4.78 is 26.9. The number of hydrogen-bond donors (Lipinski definition) is 3. The summed E-state index contributed by atoms with van der Waals surface area (Å²) >= 11 is 0. The van der Waals surface area contributed by atoms with E-state index in [4.69, 9.17) is 5.11 Å². The summed E-state index contributed by atoms with van der Waals surface area (Å²) in [6.07, 6.45) is 0. The highest BCUT2D eigenvalue weighted by Gasteiger charge is 2.40. The molecule has 0 fully saturated rings. The van der Waals surface area contributed by atoms with Crippen LogP contribution in [0.5, 0.6) is 5.75 Å². The van der Waals surface area contributed by atoms with E-state index in [1.165, 1.54) is 12.1 Å². The number of aromatic hydroxyl groups is 1. The average molecular weight is 469 g/mol. The molecule has 0 saturated heterocycles. The van der Waals surface area contributed by atoms with Crippen molar-refractivity contribution in [2.75, 3.05) is 4.90 Å². The number of fused-ring (bicyclic) bond motifs is 1. The Morgan fingerprint density at radius 3 is 1.82 bits per heavy atom. The Morgan fingerprint density at radius 2 is 1.26 bits per heavy atom. The minimum absolute atomic E-state index is 0.157. The fourth-order valence-corrected chi connectivity index (χ4v) is 3.42. The summed E-state index contributed by atoms with van der Waals surface area (Å²) in [5.41, 5.74) is -1.71. The summed E-state index contributed by atoms with van der Waals surface area (Å²) in [6, 6.07) is 8.16. The van der Waals surface area contributed by atoms with Crippen molar-refractivity contribution in [1.29, 1.82) is 0 Å². The number of carbonyl (C=O) groups excluding carboxylic acids is 2. The number of carbonyl (C=O) groups is 4. The maximum Gasteiger partial charge on any atom is 0.339 e. The topological polar surface area (TPSA) is 132 Å². The Morgan fingerprint density at radius 1 is 0.735 bits per heavy atom. The van der Waals surface area contributed by atoms with Gasteiger partial charge in [-0.2, -0.15) is 0 Å². The molecule has 8 nitrogen and oxygen atoms in total. The quantitative estimate of drug-likeness (QED) is 0.477. The first-order chi connectivity index (χ1) is 16.1. The Hall–Kier alpha value is -4.60. The minimum Gasteiger partial charge on any atom is -0.507 e. The summed E-state index contributed by atoms with van der Waals surface area (Å²) in [5, 5.41) is 28.6. The molecule has 0 unspecified atom stereocenters.